The minimum atomic E-state index is -0.383. The molecule has 0 aromatic heterocycles. The number of hydrogen-bond donors (Lipinski definition) is 1. The van der Waals surface area contributed by atoms with Crippen molar-refractivity contribution in [2.24, 2.45) is 5.73 Å². The van der Waals surface area contributed by atoms with Crippen molar-refractivity contribution < 1.29 is 9.47 Å². The first-order valence-electron chi connectivity index (χ1n) is 6.55. The van der Waals surface area contributed by atoms with Crippen molar-refractivity contribution in [1.82, 2.24) is 0 Å². The topological polar surface area (TPSA) is 44.5 Å². The summed E-state index contributed by atoms with van der Waals surface area (Å²) in [7, 11) is 0. The van der Waals surface area contributed by atoms with E-state index in [0.29, 0.717) is 12.5 Å². The Kier molecular flexibility index (Phi) is 3.02. The van der Waals surface area contributed by atoms with E-state index in [0.717, 1.165) is 28.8 Å². The summed E-state index contributed by atoms with van der Waals surface area (Å²) < 4.78 is 13.1. The molecule has 98 valence electrons. The lowest BCUT2D eigenvalue weighted by Gasteiger charge is -2.21. The van der Waals surface area contributed by atoms with Gasteiger partial charge in [-0.2, -0.15) is 0 Å². The van der Waals surface area contributed by atoms with E-state index in [4.69, 9.17) is 15.2 Å². The molecule has 1 aromatic carbocycles. The summed E-state index contributed by atoms with van der Waals surface area (Å²) in [5.41, 5.74) is 6.93. The van der Waals surface area contributed by atoms with Gasteiger partial charge in [-0.3, -0.25) is 0 Å². The summed E-state index contributed by atoms with van der Waals surface area (Å²) in [6.07, 6.45) is 4.34. The molecular weight excluding hydrogens is 294 g/mol. The normalized spacial score (nSPS) is 21.5. The number of fused-ring (bicyclic) bond motifs is 1. The molecule has 1 aliphatic heterocycles. The zero-order chi connectivity index (χ0) is 12.8. The fraction of sp³-hybridized carbons (Fsp3) is 0.571. The van der Waals surface area contributed by atoms with Crippen LogP contribution in [0.3, 0.4) is 0 Å². The van der Waals surface area contributed by atoms with Crippen LogP contribution in [0.5, 0.6) is 11.5 Å². The highest BCUT2D eigenvalue weighted by atomic mass is 79.9. The summed E-state index contributed by atoms with van der Waals surface area (Å²) in [6.45, 7) is 2.75. The van der Waals surface area contributed by atoms with Crippen LogP contribution in [0.1, 0.15) is 44.1 Å². The lowest BCUT2D eigenvalue weighted by Crippen LogP contribution is -2.34. The standard InChI is InChI=1S/C14H18BrNO2/c1-9(8-16)10-6-12-13(7-11(10)15)18-14(17-12)4-2-3-5-14/h6-7,9H,2-5,8,16H2,1H3. The molecule has 1 spiro atoms. The zero-order valence-corrected chi connectivity index (χ0v) is 12.1. The molecule has 3 nitrogen and oxygen atoms in total. The van der Waals surface area contributed by atoms with Crippen LogP contribution in [0.2, 0.25) is 0 Å². The fourth-order valence-electron chi connectivity index (χ4n) is 2.75. The summed E-state index contributed by atoms with van der Waals surface area (Å²) in [5.74, 6) is 1.66. The molecule has 0 radical (unpaired) electrons. The van der Waals surface area contributed by atoms with Crippen molar-refractivity contribution >= 4 is 15.9 Å². The largest absolute Gasteiger partial charge is 0.448 e. The Bertz CT molecular complexity index is 469. The van der Waals surface area contributed by atoms with E-state index in [-0.39, 0.29) is 5.79 Å². The smallest absolute Gasteiger partial charge is 0.251 e. The number of ether oxygens (including phenoxy) is 2. The molecule has 1 aliphatic carbocycles. The Morgan fingerprint density at radius 1 is 1.28 bits per heavy atom. The van der Waals surface area contributed by atoms with E-state index in [1.807, 2.05) is 6.07 Å². The average molecular weight is 312 g/mol. The Hall–Kier alpha value is -0.740. The molecule has 0 bridgehead atoms. The van der Waals surface area contributed by atoms with Crippen LogP contribution >= 0.6 is 15.9 Å². The van der Waals surface area contributed by atoms with Crippen LogP contribution in [0.4, 0.5) is 0 Å². The maximum atomic E-state index is 6.06. The minimum absolute atomic E-state index is 0.313. The Morgan fingerprint density at radius 3 is 2.50 bits per heavy atom. The van der Waals surface area contributed by atoms with Crippen LogP contribution in [0.25, 0.3) is 0 Å². The van der Waals surface area contributed by atoms with Crippen molar-refractivity contribution in [1.29, 1.82) is 0 Å². The van der Waals surface area contributed by atoms with Gasteiger partial charge in [0.15, 0.2) is 11.5 Å². The molecule has 1 fully saturated rings. The second kappa shape index (κ2) is 4.42. The average Bonchev–Trinajstić information content (AvgIpc) is 2.94. The van der Waals surface area contributed by atoms with Crippen molar-refractivity contribution in [3.05, 3.63) is 22.2 Å². The van der Waals surface area contributed by atoms with Gasteiger partial charge in [-0.25, -0.2) is 0 Å². The van der Waals surface area contributed by atoms with Gasteiger partial charge in [0.2, 0.25) is 0 Å². The monoisotopic (exact) mass is 311 g/mol. The Balaban J connectivity index is 1.94. The summed E-state index contributed by atoms with van der Waals surface area (Å²) >= 11 is 3.60. The molecule has 3 rings (SSSR count). The SMILES string of the molecule is CC(CN)c1cc2c(cc1Br)OC1(CCCC1)O2. The van der Waals surface area contributed by atoms with Crippen LogP contribution < -0.4 is 15.2 Å². The van der Waals surface area contributed by atoms with Gasteiger partial charge in [-0.15, -0.1) is 0 Å². The molecule has 1 aromatic rings. The van der Waals surface area contributed by atoms with Gasteiger partial charge in [-0.05, 0) is 43.0 Å². The number of benzene rings is 1. The molecule has 1 atom stereocenters. The van der Waals surface area contributed by atoms with Crippen LogP contribution in [-0.2, 0) is 0 Å². The lowest BCUT2D eigenvalue weighted by molar-refractivity contribution is -0.0716. The van der Waals surface area contributed by atoms with Gasteiger partial charge in [0, 0.05) is 17.3 Å². The molecule has 0 saturated heterocycles. The maximum absolute atomic E-state index is 6.06. The van der Waals surface area contributed by atoms with Crippen molar-refractivity contribution in [3.63, 3.8) is 0 Å². The number of rotatable bonds is 2. The second-order valence-electron chi connectivity index (χ2n) is 5.28. The van der Waals surface area contributed by atoms with Crippen molar-refractivity contribution in [3.8, 4) is 11.5 Å². The molecule has 1 heterocycles. The third-order valence-corrected chi connectivity index (χ3v) is 4.59. The maximum Gasteiger partial charge on any atom is 0.251 e. The predicted octanol–water partition coefficient (Wildman–Crippen LogP) is 3.55. The highest BCUT2D eigenvalue weighted by Crippen LogP contribution is 2.48. The van der Waals surface area contributed by atoms with E-state index in [2.05, 4.69) is 28.9 Å². The van der Waals surface area contributed by atoms with Crippen molar-refractivity contribution in [2.45, 2.75) is 44.3 Å². The number of nitrogens with two attached hydrogens (primary N) is 1. The third-order valence-electron chi connectivity index (χ3n) is 3.90. The van der Waals surface area contributed by atoms with E-state index >= 15 is 0 Å². The highest BCUT2D eigenvalue weighted by molar-refractivity contribution is 9.10. The minimum Gasteiger partial charge on any atom is -0.448 e. The fourth-order valence-corrected chi connectivity index (χ4v) is 3.47. The van der Waals surface area contributed by atoms with E-state index < -0.39 is 0 Å². The molecule has 1 unspecified atom stereocenters. The number of halogens is 1. The summed E-state index contributed by atoms with van der Waals surface area (Å²) in [6, 6.07) is 4.09. The second-order valence-corrected chi connectivity index (χ2v) is 6.13. The molecule has 0 amide bonds. The predicted molar refractivity (Wildman–Crippen MR) is 74.1 cm³/mol. The summed E-state index contributed by atoms with van der Waals surface area (Å²) in [5, 5.41) is 0. The van der Waals surface area contributed by atoms with E-state index in [1.54, 1.807) is 0 Å². The van der Waals surface area contributed by atoms with Crippen LogP contribution in [0.15, 0.2) is 16.6 Å². The molecular formula is C14H18BrNO2. The molecule has 4 heteroatoms. The first kappa shape index (κ1) is 12.3. The highest BCUT2D eigenvalue weighted by Gasteiger charge is 2.44. The van der Waals surface area contributed by atoms with Gasteiger partial charge < -0.3 is 15.2 Å². The third kappa shape index (κ3) is 1.91. The van der Waals surface area contributed by atoms with E-state index in [9.17, 15) is 0 Å². The van der Waals surface area contributed by atoms with Crippen LogP contribution in [0, 0.1) is 0 Å². The van der Waals surface area contributed by atoms with Gasteiger partial charge in [0.25, 0.3) is 5.79 Å². The molecule has 1 saturated carbocycles. The van der Waals surface area contributed by atoms with E-state index in [1.165, 1.54) is 18.4 Å². The zero-order valence-electron chi connectivity index (χ0n) is 10.5. The molecule has 2 N–H and O–H groups in total. The quantitative estimate of drug-likeness (QED) is 0.908. The first-order valence-corrected chi connectivity index (χ1v) is 7.34. The molecule has 18 heavy (non-hydrogen) atoms. The van der Waals surface area contributed by atoms with Crippen LogP contribution in [-0.4, -0.2) is 12.3 Å². The molecule has 2 aliphatic rings. The lowest BCUT2D eigenvalue weighted by atomic mass is 10.0. The first-order chi connectivity index (χ1) is 8.63. The van der Waals surface area contributed by atoms with Crippen molar-refractivity contribution in [2.75, 3.05) is 6.54 Å². The van der Waals surface area contributed by atoms with Gasteiger partial charge in [0.1, 0.15) is 0 Å². The Morgan fingerprint density at radius 2 is 1.89 bits per heavy atom. The van der Waals surface area contributed by atoms with Gasteiger partial charge in [-0.1, -0.05) is 22.9 Å². The summed E-state index contributed by atoms with van der Waals surface area (Å²) in [4.78, 5) is 0. The number of hydrogen-bond acceptors (Lipinski definition) is 3. The van der Waals surface area contributed by atoms with Gasteiger partial charge in [0.05, 0.1) is 0 Å². The van der Waals surface area contributed by atoms with Gasteiger partial charge >= 0.3 is 0 Å². The Labute approximate surface area is 116 Å².